The molecule has 1 rings (SSSR count). The number of hydrogen-bond donors (Lipinski definition) is 3. The standard InChI is InChI=1S/C16H32N4O2/c1-4-20-9-6-13(7-10-20)5-8-18-14(21)11-19-16(22)15(17)12(2)3/h12-13,15H,4-11,17H2,1-3H3,(H,18,21)(H,19,22)/t15-/m0/s1. The molecule has 0 aliphatic carbocycles. The molecule has 2 amide bonds. The maximum Gasteiger partial charge on any atom is 0.239 e. The molecule has 1 aliphatic heterocycles. The molecule has 22 heavy (non-hydrogen) atoms. The van der Waals surface area contributed by atoms with Gasteiger partial charge in [-0.1, -0.05) is 20.8 Å². The van der Waals surface area contributed by atoms with E-state index in [-0.39, 0.29) is 24.3 Å². The van der Waals surface area contributed by atoms with Gasteiger partial charge >= 0.3 is 0 Å². The van der Waals surface area contributed by atoms with E-state index in [1.54, 1.807) is 0 Å². The summed E-state index contributed by atoms with van der Waals surface area (Å²) in [5.41, 5.74) is 5.72. The van der Waals surface area contributed by atoms with Crippen molar-refractivity contribution in [1.29, 1.82) is 0 Å². The number of carbonyl (C=O) groups is 2. The van der Waals surface area contributed by atoms with Crippen LogP contribution < -0.4 is 16.4 Å². The molecule has 1 fully saturated rings. The summed E-state index contributed by atoms with van der Waals surface area (Å²) in [6.45, 7) is 10.1. The lowest BCUT2D eigenvalue weighted by atomic mass is 9.93. The second kappa shape index (κ2) is 9.79. The average molecular weight is 312 g/mol. The van der Waals surface area contributed by atoms with Gasteiger partial charge in [0.25, 0.3) is 0 Å². The molecule has 4 N–H and O–H groups in total. The summed E-state index contributed by atoms with van der Waals surface area (Å²) in [7, 11) is 0. The van der Waals surface area contributed by atoms with Gasteiger partial charge in [0.15, 0.2) is 0 Å². The van der Waals surface area contributed by atoms with Crippen LogP contribution in [-0.4, -0.2) is 55.5 Å². The van der Waals surface area contributed by atoms with E-state index >= 15 is 0 Å². The van der Waals surface area contributed by atoms with Crippen molar-refractivity contribution in [2.24, 2.45) is 17.6 Å². The number of nitrogens with zero attached hydrogens (tertiary/aromatic N) is 1. The number of likely N-dealkylation sites (tertiary alicyclic amines) is 1. The van der Waals surface area contributed by atoms with E-state index in [0.717, 1.165) is 26.1 Å². The normalized spacial score (nSPS) is 18.2. The Balaban J connectivity index is 2.10. The Labute approximate surface area is 134 Å². The van der Waals surface area contributed by atoms with Gasteiger partial charge in [0, 0.05) is 6.54 Å². The molecule has 0 aromatic carbocycles. The number of nitrogens with one attached hydrogen (secondary N) is 2. The predicted octanol–water partition coefficient (Wildman–Crippen LogP) is 0.324. The summed E-state index contributed by atoms with van der Waals surface area (Å²) in [5.74, 6) is 0.358. The van der Waals surface area contributed by atoms with Crippen LogP contribution in [0, 0.1) is 11.8 Å². The SMILES string of the molecule is CCN1CCC(CCNC(=O)CNC(=O)[C@@H](N)C(C)C)CC1. The van der Waals surface area contributed by atoms with Gasteiger partial charge in [0.05, 0.1) is 12.6 Å². The fourth-order valence-electron chi connectivity index (χ4n) is 2.66. The zero-order valence-electron chi connectivity index (χ0n) is 14.2. The van der Waals surface area contributed by atoms with Crippen LogP contribution in [0.3, 0.4) is 0 Å². The molecule has 0 bridgehead atoms. The molecule has 0 spiro atoms. The predicted molar refractivity (Wildman–Crippen MR) is 88.3 cm³/mol. The molecular weight excluding hydrogens is 280 g/mol. The first-order valence-electron chi connectivity index (χ1n) is 8.46. The smallest absolute Gasteiger partial charge is 0.239 e. The summed E-state index contributed by atoms with van der Waals surface area (Å²) in [6, 6.07) is -0.559. The minimum absolute atomic E-state index is 0.00747. The van der Waals surface area contributed by atoms with Crippen LogP contribution >= 0.6 is 0 Å². The van der Waals surface area contributed by atoms with Crippen molar-refractivity contribution in [3.05, 3.63) is 0 Å². The molecule has 0 unspecified atom stereocenters. The van der Waals surface area contributed by atoms with E-state index in [4.69, 9.17) is 5.73 Å². The highest BCUT2D eigenvalue weighted by Crippen LogP contribution is 2.19. The molecule has 128 valence electrons. The van der Waals surface area contributed by atoms with Crippen LogP contribution in [-0.2, 0) is 9.59 Å². The molecule has 1 saturated heterocycles. The van der Waals surface area contributed by atoms with Gasteiger partial charge in [-0.05, 0) is 50.7 Å². The van der Waals surface area contributed by atoms with E-state index in [2.05, 4.69) is 22.5 Å². The number of hydrogen-bond acceptors (Lipinski definition) is 4. The van der Waals surface area contributed by atoms with Gasteiger partial charge in [0.1, 0.15) is 0 Å². The Kier molecular flexibility index (Phi) is 8.42. The molecule has 6 heteroatoms. The van der Waals surface area contributed by atoms with Crippen LogP contribution in [0.1, 0.15) is 40.0 Å². The van der Waals surface area contributed by atoms with Crippen molar-refractivity contribution in [2.75, 3.05) is 32.7 Å². The molecular formula is C16H32N4O2. The molecule has 6 nitrogen and oxygen atoms in total. The van der Waals surface area contributed by atoms with Gasteiger partial charge < -0.3 is 21.3 Å². The highest BCUT2D eigenvalue weighted by molar-refractivity contribution is 5.87. The first-order valence-corrected chi connectivity index (χ1v) is 8.46. The molecule has 0 aromatic heterocycles. The topological polar surface area (TPSA) is 87.5 Å². The maximum absolute atomic E-state index is 11.7. The zero-order valence-corrected chi connectivity index (χ0v) is 14.2. The Morgan fingerprint density at radius 3 is 2.41 bits per heavy atom. The second-order valence-electron chi connectivity index (χ2n) is 6.50. The Morgan fingerprint density at radius 1 is 1.23 bits per heavy atom. The lowest BCUT2D eigenvalue weighted by Crippen LogP contribution is -2.47. The van der Waals surface area contributed by atoms with Crippen molar-refractivity contribution in [2.45, 2.75) is 46.1 Å². The second-order valence-corrected chi connectivity index (χ2v) is 6.50. The van der Waals surface area contributed by atoms with E-state index in [1.807, 2.05) is 13.8 Å². The summed E-state index contributed by atoms with van der Waals surface area (Å²) >= 11 is 0. The zero-order chi connectivity index (χ0) is 16.5. The van der Waals surface area contributed by atoms with Gasteiger partial charge in [-0.15, -0.1) is 0 Å². The molecule has 1 aliphatic rings. The monoisotopic (exact) mass is 312 g/mol. The van der Waals surface area contributed by atoms with Crippen LogP contribution in [0.25, 0.3) is 0 Å². The molecule has 0 aromatic rings. The van der Waals surface area contributed by atoms with Gasteiger partial charge in [-0.2, -0.15) is 0 Å². The molecule has 0 radical (unpaired) electrons. The van der Waals surface area contributed by atoms with E-state index in [0.29, 0.717) is 12.5 Å². The number of rotatable bonds is 8. The van der Waals surface area contributed by atoms with Crippen molar-refractivity contribution in [1.82, 2.24) is 15.5 Å². The lowest BCUT2D eigenvalue weighted by molar-refractivity contribution is -0.127. The maximum atomic E-state index is 11.7. The Hall–Kier alpha value is -1.14. The van der Waals surface area contributed by atoms with E-state index < -0.39 is 6.04 Å². The Morgan fingerprint density at radius 2 is 1.86 bits per heavy atom. The first kappa shape index (κ1) is 18.9. The highest BCUT2D eigenvalue weighted by Gasteiger charge is 2.19. The minimum atomic E-state index is -0.559. The highest BCUT2D eigenvalue weighted by atomic mass is 16.2. The average Bonchev–Trinajstić information content (AvgIpc) is 2.52. The van der Waals surface area contributed by atoms with Gasteiger partial charge in [0.2, 0.25) is 11.8 Å². The third kappa shape index (κ3) is 6.75. The fraction of sp³-hybridized carbons (Fsp3) is 0.875. The molecule has 1 atom stereocenters. The van der Waals surface area contributed by atoms with Crippen molar-refractivity contribution >= 4 is 11.8 Å². The summed E-state index contributed by atoms with van der Waals surface area (Å²) in [4.78, 5) is 25.8. The van der Waals surface area contributed by atoms with Crippen LogP contribution in [0.2, 0.25) is 0 Å². The summed E-state index contributed by atoms with van der Waals surface area (Å²) in [6.07, 6.45) is 3.44. The fourth-order valence-corrected chi connectivity index (χ4v) is 2.66. The summed E-state index contributed by atoms with van der Waals surface area (Å²) in [5, 5.41) is 5.45. The number of nitrogens with two attached hydrogens (primary N) is 1. The number of carbonyl (C=O) groups excluding carboxylic acids is 2. The lowest BCUT2D eigenvalue weighted by Gasteiger charge is -2.31. The van der Waals surface area contributed by atoms with Gasteiger partial charge in [-0.25, -0.2) is 0 Å². The molecule has 0 saturated carbocycles. The quantitative estimate of drug-likeness (QED) is 0.602. The third-order valence-electron chi connectivity index (χ3n) is 4.47. The first-order chi connectivity index (χ1) is 10.4. The Bertz CT molecular complexity index is 352. The largest absolute Gasteiger partial charge is 0.355 e. The third-order valence-corrected chi connectivity index (χ3v) is 4.47. The number of piperidine rings is 1. The minimum Gasteiger partial charge on any atom is -0.355 e. The van der Waals surface area contributed by atoms with Crippen molar-refractivity contribution in [3.8, 4) is 0 Å². The van der Waals surface area contributed by atoms with Crippen LogP contribution in [0.4, 0.5) is 0 Å². The van der Waals surface area contributed by atoms with E-state index in [1.165, 1.54) is 12.8 Å². The van der Waals surface area contributed by atoms with E-state index in [9.17, 15) is 9.59 Å². The number of amides is 2. The molecule has 1 heterocycles. The van der Waals surface area contributed by atoms with Crippen molar-refractivity contribution in [3.63, 3.8) is 0 Å². The van der Waals surface area contributed by atoms with Gasteiger partial charge in [-0.3, -0.25) is 9.59 Å². The summed E-state index contributed by atoms with van der Waals surface area (Å²) < 4.78 is 0. The van der Waals surface area contributed by atoms with Crippen LogP contribution in [0.5, 0.6) is 0 Å². The van der Waals surface area contributed by atoms with Crippen molar-refractivity contribution < 1.29 is 9.59 Å². The van der Waals surface area contributed by atoms with Crippen LogP contribution in [0.15, 0.2) is 0 Å².